The van der Waals surface area contributed by atoms with E-state index in [9.17, 15) is 19.2 Å². The highest BCUT2D eigenvalue weighted by Gasteiger charge is 2.18. The molecule has 0 bridgehead atoms. The van der Waals surface area contributed by atoms with E-state index < -0.39 is 11.1 Å². The van der Waals surface area contributed by atoms with Crippen molar-refractivity contribution in [3.05, 3.63) is 74.3 Å². The van der Waals surface area contributed by atoms with E-state index in [2.05, 4.69) is 10.3 Å². The molecule has 0 atom stereocenters. The molecule has 1 saturated heterocycles. The lowest BCUT2D eigenvalue weighted by atomic mass is 10.1. The van der Waals surface area contributed by atoms with Gasteiger partial charge in [0.25, 0.3) is 5.91 Å². The monoisotopic (exact) mass is 420 g/mol. The number of aromatic amines is 1. The number of hydrogen-bond donors (Lipinski definition) is 2. The Kier molecular flexibility index (Phi) is 5.70. The van der Waals surface area contributed by atoms with Gasteiger partial charge in [-0.15, -0.1) is 0 Å². The maximum absolute atomic E-state index is 12.8. The number of anilines is 1. The molecule has 0 spiro atoms. The Hall–Kier alpha value is -3.68. The molecule has 2 aromatic carbocycles. The molecular weight excluding hydrogens is 396 g/mol. The molecule has 4 rings (SSSR count). The first-order valence-electron chi connectivity index (χ1n) is 10.4. The van der Waals surface area contributed by atoms with Crippen molar-refractivity contribution >= 4 is 28.5 Å². The molecule has 8 nitrogen and oxygen atoms in total. The average Bonchev–Trinajstić information content (AvgIpc) is 2.76. The van der Waals surface area contributed by atoms with Crippen molar-refractivity contribution in [1.82, 2.24) is 14.5 Å². The molecule has 2 heterocycles. The third kappa shape index (κ3) is 4.28. The molecule has 1 aromatic heterocycles. The number of amides is 2. The summed E-state index contributed by atoms with van der Waals surface area (Å²) in [6.07, 6.45) is 2.54. The van der Waals surface area contributed by atoms with E-state index in [4.69, 9.17) is 0 Å². The molecule has 160 valence electrons. The van der Waals surface area contributed by atoms with Crippen LogP contribution in [0.15, 0.2) is 52.1 Å². The zero-order chi connectivity index (χ0) is 22.0. The molecule has 1 fully saturated rings. The van der Waals surface area contributed by atoms with Gasteiger partial charge in [0.15, 0.2) is 0 Å². The van der Waals surface area contributed by atoms with Crippen LogP contribution in [0, 0.1) is 0 Å². The third-order valence-corrected chi connectivity index (χ3v) is 5.53. The van der Waals surface area contributed by atoms with Gasteiger partial charge in [0, 0.05) is 37.3 Å². The largest absolute Gasteiger partial charge is 0.338 e. The summed E-state index contributed by atoms with van der Waals surface area (Å²) in [6.45, 7) is 3.42. The van der Waals surface area contributed by atoms with Crippen LogP contribution in [0.1, 0.15) is 42.1 Å². The predicted octanol–water partition coefficient (Wildman–Crippen LogP) is 2.47. The lowest BCUT2D eigenvalue weighted by Gasteiger charge is -2.26. The normalized spacial score (nSPS) is 14.1. The molecule has 0 radical (unpaired) electrons. The van der Waals surface area contributed by atoms with Crippen molar-refractivity contribution in [3.63, 3.8) is 0 Å². The lowest BCUT2D eigenvalue weighted by Crippen LogP contribution is -2.36. The van der Waals surface area contributed by atoms with Crippen LogP contribution in [-0.2, 0) is 17.9 Å². The first-order valence-corrected chi connectivity index (χ1v) is 10.4. The van der Waals surface area contributed by atoms with Gasteiger partial charge in [0.1, 0.15) is 0 Å². The number of carbonyl (C=O) groups is 2. The highest BCUT2D eigenvalue weighted by molar-refractivity contribution is 6.05. The molecule has 0 saturated carbocycles. The third-order valence-electron chi connectivity index (χ3n) is 5.53. The number of benzene rings is 2. The fourth-order valence-electron chi connectivity index (χ4n) is 3.93. The SMILES string of the molecule is CCn1c(=O)c(=O)[nH]c2cc(C(=O)Nc3cccc(CN4CCCCC4=O)c3)ccc21. The molecule has 1 aliphatic heterocycles. The number of nitrogens with one attached hydrogen (secondary N) is 2. The standard InChI is InChI=1S/C23H24N4O4/c1-2-27-19-10-9-16(13-18(19)25-22(30)23(27)31)21(29)24-17-7-5-6-15(12-17)14-26-11-4-3-8-20(26)28/h5-7,9-10,12-13H,2-4,8,11,14H2,1H3,(H,24,29)(H,25,30). The van der Waals surface area contributed by atoms with Crippen molar-refractivity contribution in [2.75, 3.05) is 11.9 Å². The topological polar surface area (TPSA) is 104 Å². The Balaban J connectivity index is 1.55. The van der Waals surface area contributed by atoms with Crippen LogP contribution in [0.2, 0.25) is 0 Å². The smallest absolute Gasteiger partial charge is 0.316 e. The van der Waals surface area contributed by atoms with E-state index in [0.29, 0.717) is 41.8 Å². The molecule has 31 heavy (non-hydrogen) atoms. The van der Waals surface area contributed by atoms with E-state index in [1.54, 1.807) is 31.2 Å². The Morgan fingerprint density at radius 3 is 2.71 bits per heavy atom. The Bertz CT molecular complexity index is 1270. The quantitative estimate of drug-likeness (QED) is 0.619. The number of nitrogens with zero attached hydrogens (tertiary/aromatic N) is 2. The van der Waals surface area contributed by atoms with Crippen molar-refractivity contribution in [2.24, 2.45) is 0 Å². The summed E-state index contributed by atoms with van der Waals surface area (Å²) in [5, 5.41) is 2.86. The molecule has 3 aromatic rings. The Labute approximate surface area is 178 Å². The number of rotatable bonds is 5. The van der Waals surface area contributed by atoms with Gasteiger partial charge in [0.2, 0.25) is 5.91 Å². The van der Waals surface area contributed by atoms with Gasteiger partial charge in [-0.3, -0.25) is 19.2 Å². The van der Waals surface area contributed by atoms with Crippen molar-refractivity contribution in [2.45, 2.75) is 39.3 Å². The van der Waals surface area contributed by atoms with Crippen molar-refractivity contribution in [3.8, 4) is 0 Å². The van der Waals surface area contributed by atoms with Crippen LogP contribution >= 0.6 is 0 Å². The second kappa shape index (κ2) is 8.59. The van der Waals surface area contributed by atoms with E-state index in [1.165, 1.54) is 4.57 Å². The molecule has 1 aliphatic rings. The number of piperidine rings is 1. The van der Waals surface area contributed by atoms with Gasteiger partial charge < -0.3 is 19.8 Å². The molecular formula is C23H24N4O4. The maximum atomic E-state index is 12.8. The number of fused-ring (bicyclic) bond motifs is 1. The molecule has 0 aliphatic carbocycles. The number of H-pyrrole nitrogens is 1. The van der Waals surface area contributed by atoms with Gasteiger partial charge in [0.05, 0.1) is 11.0 Å². The summed E-state index contributed by atoms with van der Waals surface area (Å²) >= 11 is 0. The van der Waals surface area contributed by atoms with Crippen LogP contribution in [-0.4, -0.2) is 32.8 Å². The van der Waals surface area contributed by atoms with Crippen LogP contribution in [0.3, 0.4) is 0 Å². The fraction of sp³-hybridized carbons (Fsp3) is 0.304. The molecule has 2 N–H and O–H groups in total. The number of aromatic nitrogens is 2. The van der Waals surface area contributed by atoms with E-state index in [1.807, 2.05) is 23.1 Å². The minimum atomic E-state index is -0.716. The van der Waals surface area contributed by atoms with E-state index in [-0.39, 0.29) is 11.8 Å². The summed E-state index contributed by atoms with van der Waals surface area (Å²) in [6, 6.07) is 12.3. The van der Waals surface area contributed by atoms with E-state index in [0.717, 1.165) is 24.9 Å². The molecule has 0 unspecified atom stereocenters. The second-order valence-electron chi connectivity index (χ2n) is 7.66. The van der Waals surface area contributed by atoms with Crippen molar-refractivity contribution < 1.29 is 9.59 Å². The van der Waals surface area contributed by atoms with Crippen LogP contribution in [0.4, 0.5) is 5.69 Å². The number of hydrogen-bond acceptors (Lipinski definition) is 4. The number of aryl methyl sites for hydroxylation is 1. The number of likely N-dealkylation sites (tertiary alicyclic amines) is 1. The van der Waals surface area contributed by atoms with Gasteiger partial charge in [-0.25, -0.2) is 0 Å². The van der Waals surface area contributed by atoms with Gasteiger partial charge in [-0.05, 0) is 55.7 Å². The minimum absolute atomic E-state index is 0.163. The van der Waals surface area contributed by atoms with Gasteiger partial charge in [-0.2, -0.15) is 0 Å². The van der Waals surface area contributed by atoms with Crippen LogP contribution < -0.4 is 16.4 Å². The summed E-state index contributed by atoms with van der Waals surface area (Å²) in [7, 11) is 0. The summed E-state index contributed by atoms with van der Waals surface area (Å²) in [5.74, 6) is -0.167. The summed E-state index contributed by atoms with van der Waals surface area (Å²) in [5.41, 5.74) is 1.60. The van der Waals surface area contributed by atoms with Gasteiger partial charge in [-0.1, -0.05) is 12.1 Å². The van der Waals surface area contributed by atoms with Crippen LogP contribution in [0.25, 0.3) is 11.0 Å². The highest BCUT2D eigenvalue weighted by atomic mass is 16.2. The number of carbonyl (C=O) groups excluding carboxylic acids is 2. The van der Waals surface area contributed by atoms with Crippen LogP contribution in [0.5, 0.6) is 0 Å². The van der Waals surface area contributed by atoms with E-state index >= 15 is 0 Å². The zero-order valence-electron chi connectivity index (χ0n) is 17.3. The predicted molar refractivity (Wildman–Crippen MR) is 118 cm³/mol. The first-order chi connectivity index (χ1) is 15.0. The molecule has 8 heteroatoms. The zero-order valence-corrected chi connectivity index (χ0v) is 17.3. The first kappa shape index (κ1) is 20.6. The summed E-state index contributed by atoms with van der Waals surface area (Å²) < 4.78 is 1.38. The molecule has 2 amide bonds. The second-order valence-corrected chi connectivity index (χ2v) is 7.66. The summed E-state index contributed by atoms with van der Waals surface area (Å²) in [4.78, 5) is 53.1. The Morgan fingerprint density at radius 1 is 1.10 bits per heavy atom. The minimum Gasteiger partial charge on any atom is -0.338 e. The fourth-order valence-corrected chi connectivity index (χ4v) is 3.93. The van der Waals surface area contributed by atoms with Gasteiger partial charge >= 0.3 is 11.1 Å². The Morgan fingerprint density at radius 2 is 1.94 bits per heavy atom. The highest BCUT2D eigenvalue weighted by Crippen LogP contribution is 2.18. The maximum Gasteiger partial charge on any atom is 0.316 e. The average molecular weight is 420 g/mol. The lowest BCUT2D eigenvalue weighted by molar-refractivity contribution is -0.133. The van der Waals surface area contributed by atoms with Crippen molar-refractivity contribution in [1.29, 1.82) is 0 Å².